The van der Waals surface area contributed by atoms with Gasteiger partial charge < -0.3 is 15.8 Å². The minimum absolute atomic E-state index is 0.388. The molecule has 32 heavy (non-hydrogen) atoms. The number of carbonyl (C=O) groups is 1. The van der Waals surface area contributed by atoms with Gasteiger partial charge in [-0.1, -0.05) is 18.6 Å². The number of aromatic nitrogens is 3. The topological polar surface area (TPSA) is 103 Å². The molecule has 0 saturated heterocycles. The Hall–Kier alpha value is -4.00. The molecule has 2 heterocycles. The normalized spacial score (nSPS) is 13.5. The highest BCUT2D eigenvalue weighted by atomic mass is 16.5. The van der Waals surface area contributed by atoms with E-state index in [1.807, 2.05) is 36.4 Å². The van der Waals surface area contributed by atoms with Crippen molar-refractivity contribution in [3.05, 3.63) is 72.6 Å². The monoisotopic (exact) mass is 425 g/mol. The van der Waals surface area contributed by atoms with Crippen LogP contribution < -0.4 is 15.8 Å². The smallest absolute Gasteiger partial charge is 0.250 e. The highest BCUT2D eigenvalue weighted by molar-refractivity contribution is 6.01. The van der Waals surface area contributed by atoms with Crippen molar-refractivity contribution < 1.29 is 9.53 Å². The number of ether oxygens (including phenoxy) is 1. The summed E-state index contributed by atoms with van der Waals surface area (Å²) in [7, 11) is 0. The van der Waals surface area contributed by atoms with Crippen molar-refractivity contribution in [2.24, 2.45) is 11.7 Å². The zero-order chi connectivity index (χ0) is 21.9. The van der Waals surface area contributed by atoms with Gasteiger partial charge in [-0.05, 0) is 61.2 Å². The van der Waals surface area contributed by atoms with E-state index in [4.69, 9.17) is 20.4 Å². The van der Waals surface area contributed by atoms with Crippen LogP contribution in [0.5, 0.6) is 5.75 Å². The fraction of sp³-hybridized carbons (Fsp3) is 0.200. The van der Waals surface area contributed by atoms with Gasteiger partial charge in [0.2, 0.25) is 0 Å². The second-order valence-corrected chi connectivity index (χ2v) is 7.96. The van der Waals surface area contributed by atoms with Gasteiger partial charge >= 0.3 is 0 Å². The number of nitrogens with zero attached hydrogens (tertiary/aromatic N) is 3. The van der Waals surface area contributed by atoms with Crippen LogP contribution >= 0.6 is 0 Å². The molecule has 0 radical (unpaired) electrons. The maximum atomic E-state index is 11.9. The summed E-state index contributed by atoms with van der Waals surface area (Å²) in [5.41, 5.74) is 8.10. The van der Waals surface area contributed by atoms with Crippen molar-refractivity contribution in [3.63, 3.8) is 0 Å². The molecule has 1 aliphatic carbocycles. The van der Waals surface area contributed by atoms with Crippen molar-refractivity contribution in [1.29, 1.82) is 0 Å². The van der Waals surface area contributed by atoms with E-state index in [0.29, 0.717) is 35.4 Å². The number of carbonyl (C=O) groups excluding carboxylic acids is 1. The van der Waals surface area contributed by atoms with Crippen LogP contribution in [0.2, 0.25) is 0 Å². The highest BCUT2D eigenvalue weighted by Crippen LogP contribution is 2.32. The molecule has 5 rings (SSSR count). The molecular weight excluding hydrogens is 402 g/mol. The largest absolute Gasteiger partial charge is 0.493 e. The Kier molecular flexibility index (Phi) is 5.37. The summed E-state index contributed by atoms with van der Waals surface area (Å²) in [6.07, 6.45) is 7.16. The van der Waals surface area contributed by atoms with E-state index < -0.39 is 5.91 Å². The molecule has 7 nitrogen and oxygen atoms in total. The molecule has 160 valence electrons. The third kappa shape index (κ3) is 4.09. The minimum atomic E-state index is -0.511. The quantitative estimate of drug-likeness (QED) is 0.444. The lowest BCUT2D eigenvalue weighted by molar-refractivity contribution is 0.100. The number of nitrogens with one attached hydrogen (secondary N) is 1. The van der Waals surface area contributed by atoms with Gasteiger partial charge in [-0.2, -0.15) is 0 Å². The van der Waals surface area contributed by atoms with Gasteiger partial charge in [-0.15, -0.1) is 0 Å². The SMILES string of the molecule is NC(=O)c1ccccc1Nc1nc(-c2cccnc2)nc2ccc(OCC3CCC3)cc12. The van der Waals surface area contributed by atoms with E-state index in [2.05, 4.69) is 10.3 Å². The summed E-state index contributed by atoms with van der Waals surface area (Å²) < 4.78 is 6.03. The number of amides is 1. The number of pyridine rings is 1. The van der Waals surface area contributed by atoms with Crippen LogP contribution in [-0.2, 0) is 0 Å². The second kappa shape index (κ2) is 8.63. The number of hydrogen-bond acceptors (Lipinski definition) is 6. The molecule has 4 aromatic rings. The zero-order valence-electron chi connectivity index (χ0n) is 17.5. The van der Waals surface area contributed by atoms with Crippen molar-refractivity contribution in [2.75, 3.05) is 11.9 Å². The van der Waals surface area contributed by atoms with Crippen molar-refractivity contribution >= 4 is 28.3 Å². The number of nitrogens with two attached hydrogens (primary N) is 1. The standard InChI is InChI=1S/C25H23N5O2/c26-23(31)19-8-1-2-9-21(19)29-25-20-13-18(32-15-16-5-3-6-16)10-11-22(20)28-24(30-25)17-7-4-12-27-14-17/h1-2,4,7-14,16H,3,5-6,15H2,(H2,26,31)(H,28,29,30). The molecule has 7 heteroatoms. The van der Waals surface area contributed by atoms with Crippen LogP contribution in [0.15, 0.2) is 67.0 Å². The number of anilines is 2. The molecule has 1 fully saturated rings. The summed E-state index contributed by atoms with van der Waals surface area (Å²) >= 11 is 0. The van der Waals surface area contributed by atoms with E-state index in [1.165, 1.54) is 19.3 Å². The summed E-state index contributed by atoms with van der Waals surface area (Å²) in [6.45, 7) is 0.716. The van der Waals surface area contributed by atoms with E-state index >= 15 is 0 Å². The molecule has 0 spiro atoms. The molecule has 3 N–H and O–H groups in total. The van der Waals surface area contributed by atoms with Crippen LogP contribution in [0.3, 0.4) is 0 Å². The van der Waals surface area contributed by atoms with Crippen LogP contribution in [0.1, 0.15) is 29.6 Å². The Bertz CT molecular complexity index is 1270. The molecule has 1 amide bonds. The number of rotatable bonds is 7. The molecule has 1 aliphatic rings. The van der Waals surface area contributed by atoms with E-state index in [-0.39, 0.29) is 0 Å². The van der Waals surface area contributed by atoms with Gasteiger partial charge in [0.05, 0.1) is 23.4 Å². The third-order valence-electron chi connectivity index (χ3n) is 5.74. The summed E-state index contributed by atoms with van der Waals surface area (Å²) in [5.74, 6) is 2.00. The van der Waals surface area contributed by atoms with Gasteiger partial charge in [0, 0.05) is 23.3 Å². The Morgan fingerprint density at radius 3 is 2.72 bits per heavy atom. The first-order valence-electron chi connectivity index (χ1n) is 10.7. The number of para-hydroxylation sites is 1. The lowest BCUT2D eigenvalue weighted by Gasteiger charge is -2.25. The molecule has 2 aromatic heterocycles. The van der Waals surface area contributed by atoms with Gasteiger partial charge in [0.1, 0.15) is 11.6 Å². The summed E-state index contributed by atoms with van der Waals surface area (Å²) in [6, 6.07) is 16.7. The predicted octanol–water partition coefficient (Wildman–Crippen LogP) is 4.71. The molecule has 0 aliphatic heterocycles. The number of benzene rings is 2. The van der Waals surface area contributed by atoms with Crippen molar-refractivity contribution in [2.45, 2.75) is 19.3 Å². The first-order valence-corrected chi connectivity index (χ1v) is 10.7. The van der Waals surface area contributed by atoms with E-state index in [0.717, 1.165) is 22.2 Å². The van der Waals surface area contributed by atoms with Gasteiger partial charge in [0.25, 0.3) is 5.91 Å². The van der Waals surface area contributed by atoms with Gasteiger partial charge in [-0.3, -0.25) is 9.78 Å². The van der Waals surface area contributed by atoms with Crippen LogP contribution in [0.4, 0.5) is 11.5 Å². The highest BCUT2D eigenvalue weighted by Gasteiger charge is 2.18. The summed E-state index contributed by atoms with van der Waals surface area (Å²) in [4.78, 5) is 25.6. The van der Waals surface area contributed by atoms with E-state index in [9.17, 15) is 4.79 Å². The molecular formula is C25H23N5O2. The fourth-order valence-electron chi connectivity index (χ4n) is 3.72. The average Bonchev–Trinajstić information content (AvgIpc) is 2.79. The Labute approximate surface area is 185 Å². The summed E-state index contributed by atoms with van der Waals surface area (Å²) in [5, 5.41) is 4.09. The maximum absolute atomic E-state index is 11.9. The van der Waals surface area contributed by atoms with Crippen LogP contribution in [0, 0.1) is 5.92 Å². The molecule has 2 aromatic carbocycles. The maximum Gasteiger partial charge on any atom is 0.250 e. The first-order chi connectivity index (χ1) is 15.7. The Morgan fingerprint density at radius 2 is 1.97 bits per heavy atom. The zero-order valence-corrected chi connectivity index (χ0v) is 17.5. The lowest BCUT2D eigenvalue weighted by Crippen LogP contribution is -2.19. The second-order valence-electron chi connectivity index (χ2n) is 7.96. The fourth-order valence-corrected chi connectivity index (χ4v) is 3.72. The van der Waals surface area contributed by atoms with Crippen molar-refractivity contribution in [3.8, 4) is 17.1 Å². The predicted molar refractivity (Wildman–Crippen MR) is 124 cm³/mol. The van der Waals surface area contributed by atoms with Crippen LogP contribution in [-0.4, -0.2) is 27.5 Å². The Morgan fingerprint density at radius 1 is 1.09 bits per heavy atom. The number of fused-ring (bicyclic) bond motifs is 1. The minimum Gasteiger partial charge on any atom is -0.493 e. The molecule has 0 atom stereocenters. The Balaban J connectivity index is 1.58. The third-order valence-corrected chi connectivity index (χ3v) is 5.74. The van der Waals surface area contributed by atoms with Crippen LogP contribution in [0.25, 0.3) is 22.3 Å². The number of primary amides is 1. The lowest BCUT2D eigenvalue weighted by atomic mass is 9.86. The molecule has 1 saturated carbocycles. The first kappa shape index (κ1) is 19.9. The molecule has 0 unspecified atom stereocenters. The molecule has 0 bridgehead atoms. The van der Waals surface area contributed by atoms with E-state index in [1.54, 1.807) is 30.6 Å². The van der Waals surface area contributed by atoms with Crippen molar-refractivity contribution in [1.82, 2.24) is 15.0 Å². The number of hydrogen-bond donors (Lipinski definition) is 2. The average molecular weight is 425 g/mol. The van der Waals surface area contributed by atoms with Gasteiger partial charge in [-0.25, -0.2) is 9.97 Å². The van der Waals surface area contributed by atoms with Gasteiger partial charge in [0.15, 0.2) is 5.82 Å².